The van der Waals surface area contributed by atoms with Gasteiger partial charge in [-0.25, -0.2) is 0 Å². The van der Waals surface area contributed by atoms with Gasteiger partial charge in [-0.05, 0) is 52.3 Å². The molecule has 0 saturated heterocycles. The van der Waals surface area contributed by atoms with Crippen LogP contribution in [-0.2, 0) is 0 Å². The summed E-state index contributed by atoms with van der Waals surface area (Å²) in [4.78, 5) is 2.42. The van der Waals surface area contributed by atoms with Gasteiger partial charge in [-0.15, -0.1) is 0 Å². The Bertz CT molecular complexity index is 468. The summed E-state index contributed by atoms with van der Waals surface area (Å²) >= 11 is 5.27. The van der Waals surface area contributed by atoms with E-state index in [0.717, 1.165) is 10.2 Å². The van der Waals surface area contributed by atoms with Crippen LogP contribution in [-0.4, -0.2) is 7.11 Å². The molecular formula is C13H11BrOS. The van der Waals surface area contributed by atoms with E-state index < -0.39 is 0 Å². The molecule has 16 heavy (non-hydrogen) atoms. The summed E-state index contributed by atoms with van der Waals surface area (Å²) in [6, 6.07) is 16.3. The molecule has 1 nitrogen and oxygen atoms in total. The summed E-state index contributed by atoms with van der Waals surface area (Å²) in [7, 11) is 1.68. The summed E-state index contributed by atoms with van der Waals surface area (Å²) in [5.41, 5.74) is 0. The molecule has 0 aromatic heterocycles. The van der Waals surface area contributed by atoms with Gasteiger partial charge in [-0.2, -0.15) is 0 Å². The predicted molar refractivity (Wildman–Crippen MR) is 71.3 cm³/mol. The number of benzene rings is 2. The number of ether oxygens (including phenoxy) is 1. The van der Waals surface area contributed by atoms with Crippen LogP contribution in [0.15, 0.2) is 62.8 Å². The molecule has 0 aliphatic heterocycles. The molecular weight excluding hydrogens is 284 g/mol. The zero-order valence-corrected chi connectivity index (χ0v) is 11.2. The van der Waals surface area contributed by atoms with E-state index in [1.54, 1.807) is 18.9 Å². The molecule has 0 radical (unpaired) electrons. The smallest absolute Gasteiger partial charge is 0.118 e. The number of rotatable bonds is 3. The Labute approximate surface area is 108 Å². The first kappa shape index (κ1) is 11.6. The third-order valence-corrected chi connectivity index (χ3v) is 4.16. The van der Waals surface area contributed by atoms with Crippen LogP contribution in [0.1, 0.15) is 0 Å². The Hall–Kier alpha value is -0.930. The van der Waals surface area contributed by atoms with Crippen molar-refractivity contribution in [1.82, 2.24) is 0 Å². The molecule has 0 aliphatic rings. The second-order valence-electron chi connectivity index (χ2n) is 3.21. The maximum absolute atomic E-state index is 5.12. The van der Waals surface area contributed by atoms with Crippen molar-refractivity contribution in [2.75, 3.05) is 7.11 Å². The molecule has 0 amide bonds. The number of hydrogen-bond acceptors (Lipinski definition) is 2. The van der Waals surface area contributed by atoms with Crippen molar-refractivity contribution in [3.05, 3.63) is 53.0 Å². The van der Waals surface area contributed by atoms with Crippen molar-refractivity contribution in [2.45, 2.75) is 9.79 Å². The molecule has 0 unspecified atom stereocenters. The first-order chi connectivity index (χ1) is 7.79. The van der Waals surface area contributed by atoms with Gasteiger partial charge in [0, 0.05) is 14.3 Å². The van der Waals surface area contributed by atoms with E-state index in [1.807, 2.05) is 30.3 Å². The van der Waals surface area contributed by atoms with Crippen LogP contribution in [0.25, 0.3) is 0 Å². The highest BCUT2D eigenvalue weighted by atomic mass is 79.9. The highest BCUT2D eigenvalue weighted by Gasteiger charge is 2.01. The molecule has 0 saturated carbocycles. The first-order valence-electron chi connectivity index (χ1n) is 4.86. The number of methoxy groups -OCH3 is 1. The topological polar surface area (TPSA) is 9.23 Å². The van der Waals surface area contributed by atoms with Crippen molar-refractivity contribution < 1.29 is 4.74 Å². The van der Waals surface area contributed by atoms with Gasteiger partial charge in [-0.3, -0.25) is 0 Å². The molecule has 82 valence electrons. The van der Waals surface area contributed by atoms with Crippen LogP contribution in [0.3, 0.4) is 0 Å². The molecule has 2 rings (SSSR count). The quantitative estimate of drug-likeness (QED) is 0.818. The number of hydrogen-bond donors (Lipinski definition) is 0. The van der Waals surface area contributed by atoms with Crippen molar-refractivity contribution in [1.29, 1.82) is 0 Å². The summed E-state index contributed by atoms with van der Waals surface area (Å²) in [5.74, 6) is 0.886. The predicted octanol–water partition coefficient (Wildman–Crippen LogP) is 4.61. The second kappa shape index (κ2) is 5.41. The standard InChI is InChI=1S/C13H11BrOS/c1-15-10-6-8-11(9-7-10)16-13-5-3-2-4-12(13)14/h2-9H,1H3. The van der Waals surface area contributed by atoms with E-state index in [4.69, 9.17) is 4.74 Å². The number of halogens is 1. The van der Waals surface area contributed by atoms with E-state index in [1.165, 1.54) is 9.79 Å². The molecule has 0 atom stereocenters. The second-order valence-corrected chi connectivity index (χ2v) is 5.18. The lowest BCUT2D eigenvalue weighted by atomic mass is 10.3. The van der Waals surface area contributed by atoms with Crippen LogP contribution >= 0.6 is 27.7 Å². The van der Waals surface area contributed by atoms with Crippen LogP contribution < -0.4 is 4.74 Å². The SMILES string of the molecule is COc1ccc(Sc2ccccc2Br)cc1. The molecule has 0 aliphatic carbocycles. The summed E-state index contributed by atoms with van der Waals surface area (Å²) in [6.45, 7) is 0. The molecule has 0 N–H and O–H groups in total. The van der Waals surface area contributed by atoms with Crippen molar-refractivity contribution >= 4 is 27.7 Å². The average molecular weight is 295 g/mol. The lowest BCUT2D eigenvalue weighted by molar-refractivity contribution is 0.414. The Morgan fingerprint density at radius 2 is 1.69 bits per heavy atom. The van der Waals surface area contributed by atoms with Gasteiger partial charge in [0.2, 0.25) is 0 Å². The normalized spacial score (nSPS) is 10.1. The minimum Gasteiger partial charge on any atom is -0.497 e. The fourth-order valence-corrected chi connectivity index (χ4v) is 2.66. The molecule has 0 heterocycles. The van der Waals surface area contributed by atoms with E-state index in [9.17, 15) is 0 Å². The minimum absolute atomic E-state index is 0.886. The molecule has 0 fully saturated rings. The summed E-state index contributed by atoms with van der Waals surface area (Å²) < 4.78 is 6.25. The Balaban J connectivity index is 2.18. The maximum Gasteiger partial charge on any atom is 0.118 e. The third-order valence-electron chi connectivity index (χ3n) is 2.12. The zero-order chi connectivity index (χ0) is 11.4. The maximum atomic E-state index is 5.12. The molecule has 2 aromatic carbocycles. The van der Waals surface area contributed by atoms with Gasteiger partial charge in [-0.1, -0.05) is 23.9 Å². The minimum atomic E-state index is 0.886. The van der Waals surface area contributed by atoms with E-state index in [0.29, 0.717) is 0 Å². The highest BCUT2D eigenvalue weighted by Crippen LogP contribution is 2.33. The van der Waals surface area contributed by atoms with E-state index in [2.05, 4.69) is 34.1 Å². The Kier molecular flexibility index (Phi) is 3.91. The molecule has 2 aromatic rings. The van der Waals surface area contributed by atoms with Gasteiger partial charge >= 0.3 is 0 Å². The van der Waals surface area contributed by atoms with Gasteiger partial charge in [0.05, 0.1) is 7.11 Å². The van der Waals surface area contributed by atoms with Gasteiger partial charge in [0.15, 0.2) is 0 Å². The van der Waals surface area contributed by atoms with Crippen LogP contribution in [0.5, 0.6) is 5.75 Å². The highest BCUT2D eigenvalue weighted by molar-refractivity contribution is 9.10. The Morgan fingerprint density at radius 3 is 2.31 bits per heavy atom. The van der Waals surface area contributed by atoms with E-state index in [-0.39, 0.29) is 0 Å². The van der Waals surface area contributed by atoms with Crippen molar-refractivity contribution in [3.8, 4) is 5.75 Å². The lowest BCUT2D eigenvalue weighted by Crippen LogP contribution is -1.81. The van der Waals surface area contributed by atoms with Crippen molar-refractivity contribution in [2.24, 2.45) is 0 Å². The fourth-order valence-electron chi connectivity index (χ4n) is 1.30. The van der Waals surface area contributed by atoms with Gasteiger partial charge < -0.3 is 4.74 Å². The largest absolute Gasteiger partial charge is 0.497 e. The van der Waals surface area contributed by atoms with Crippen molar-refractivity contribution in [3.63, 3.8) is 0 Å². The lowest BCUT2D eigenvalue weighted by Gasteiger charge is -2.05. The average Bonchev–Trinajstić information content (AvgIpc) is 2.33. The molecule has 0 spiro atoms. The summed E-state index contributed by atoms with van der Waals surface area (Å²) in [5, 5.41) is 0. The van der Waals surface area contributed by atoms with Crippen LogP contribution in [0, 0.1) is 0 Å². The van der Waals surface area contributed by atoms with E-state index >= 15 is 0 Å². The third kappa shape index (κ3) is 2.80. The van der Waals surface area contributed by atoms with Crippen LogP contribution in [0.2, 0.25) is 0 Å². The zero-order valence-electron chi connectivity index (χ0n) is 8.81. The summed E-state index contributed by atoms with van der Waals surface area (Å²) in [6.07, 6.45) is 0. The Morgan fingerprint density at radius 1 is 1.00 bits per heavy atom. The molecule has 0 bridgehead atoms. The van der Waals surface area contributed by atoms with Gasteiger partial charge in [0.25, 0.3) is 0 Å². The van der Waals surface area contributed by atoms with Crippen LogP contribution in [0.4, 0.5) is 0 Å². The van der Waals surface area contributed by atoms with Gasteiger partial charge in [0.1, 0.15) is 5.75 Å². The first-order valence-corrected chi connectivity index (χ1v) is 6.47. The monoisotopic (exact) mass is 294 g/mol. The molecule has 3 heteroatoms. The fraction of sp³-hybridized carbons (Fsp3) is 0.0769.